The first kappa shape index (κ1) is 21.6. The number of alkyl carbamates (subject to hydrolysis) is 1. The summed E-state index contributed by atoms with van der Waals surface area (Å²) in [7, 11) is 0. The predicted molar refractivity (Wildman–Crippen MR) is 110 cm³/mol. The van der Waals surface area contributed by atoms with Gasteiger partial charge in [0.15, 0.2) is 0 Å². The smallest absolute Gasteiger partial charge is 0.408 e. The van der Waals surface area contributed by atoms with Crippen molar-refractivity contribution in [3.8, 4) is 0 Å². The van der Waals surface area contributed by atoms with Crippen molar-refractivity contribution in [3.05, 3.63) is 30.1 Å². The number of ether oxygens (including phenoxy) is 2. The Morgan fingerprint density at radius 2 is 2.00 bits per heavy atom. The summed E-state index contributed by atoms with van der Waals surface area (Å²) < 4.78 is 10.9. The number of hydrogen-bond acceptors (Lipinski definition) is 5. The lowest BCUT2D eigenvalue weighted by Gasteiger charge is -2.41. The number of cyclic esters (lactones) is 1. The van der Waals surface area contributed by atoms with Crippen molar-refractivity contribution in [2.75, 3.05) is 6.61 Å². The number of pyridine rings is 1. The number of hydrogen-bond donors (Lipinski definition) is 1. The Hall–Kier alpha value is -2.11. The van der Waals surface area contributed by atoms with Crippen molar-refractivity contribution in [2.24, 2.45) is 11.8 Å². The molecule has 1 amide bonds. The van der Waals surface area contributed by atoms with Crippen molar-refractivity contribution in [1.82, 2.24) is 10.3 Å². The van der Waals surface area contributed by atoms with E-state index in [-0.39, 0.29) is 11.9 Å². The fourth-order valence-electron chi connectivity index (χ4n) is 4.80. The van der Waals surface area contributed by atoms with Crippen LogP contribution in [-0.4, -0.2) is 34.8 Å². The molecule has 0 radical (unpaired) electrons. The molecule has 1 aliphatic heterocycles. The van der Waals surface area contributed by atoms with E-state index in [1.54, 1.807) is 6.20 Å². The molecule has 0 unspecified atom stereocenters. The molecule has 2 fully saturated rings. The van der Waals surface area contributed by atoms with E-state index in [2.05, 4.69) is 10.3 Å². The van der Waals surface area contributed by atoms with Crippen LogP contribution in [0.2, 0.25) is 0 Å². The van der Waals surface area contributed by atoms with Gasteiger partial charge in [0.05, 0.1) is 18.1 Å². The third kappa shape index (κ3) is 5.94. The molecule has 2 aliphatic rings. The molecule has 1 saturated heterocycles. The summed E-state index contributed by atoms with van der Waals surface area (Å²) in [5.41, 5.74) is -0.342. The number of amides is 1. The molecule has 3 rings (SSSR count). The van der Waals surface area contributed by atoms with E-state index in [9.17, 15) is 9.59 Å². The first-order valence-electron chi connectivity index (χ1n) is 10.8. The quantitative estimate of drug-likeness (QED) is 0.713. The third-order valence-electron chi connectivity index (χ3n) is 5.97. The fraction of sp³-hybridized carbons (Fsp3) is 0.696. The van der Waals surface area contributed by atoms with Gasteiger partial charge in [-0.3, -0.25) is 9.78 Å². The number of carbonyl (C=O) groups excluding carboxylic acids is 2. The minimum Gasteiger partial charge on any atom is -0.465 e. The maximum atomic E-state index is 12.9. The number of rotatable bonds is 6. The zero-order valence-electron chi connectivity index (χ0n) is 17.9. The van der Waals surface area contributed by atoms with Gasteiger partial charge in [0.1, 0.15) is 5.60 Å². The van der Waals surface area contributed by atoms with E-state index >= 15 is 0 Å². The van der Waals surface area contributed by atoms with Crippen LogP contribution in [0.4, 0.5) is 4.79 Å². The Morgan fingerprint density at radius 3 is 2.59 bits per heavy atom. The maximum Gasteiger partial charge on any atom is 0.408 e. The summed E-state index contributed by atoms with van der Waals surface area (Å²) in [6.07, 6.45) is 10.9. The largest absolute Gasteiger partial charge is 0.465 e. The van der Waals surface area contributed by atoms with Gasteiger partial charge in [-0.25, -0.2) is 4.79 Å². The van der Waals surface area contributed by atoms with Crippen molar-refractivity contribution in [2.45, 2.75) is 83.3 Å². The Kier molecular flexibility index (Phi) is 6.81. The van der Waals surface area contributed by atoms with E-state index in [1.165, 1.54) is 19.3 Å². The van der Waals surface area contributed by atoms with E-state index in [0.717, 1.165) is 24.8 Å². The van der Waals surface area contributed by atoms with Gasteiger partial charge in [0, 0.05) is 12.4 Å². The number of nitrogens with one attached hydrogen (secondary N) is 1. The van der Waals surface area contributed by atoms with Gasteiger partial charge in [0.2, 0.25) is 0 Å². The zero-order valence-corrected chi connectivity index (χ0v) is 17.9. The molecular formula is C23H34N2O4. The van der Waals surface area contributed by atoms with Gasteiger partial charge in [0.25, 0.3) is 0 Å². The molecule has 6 nitrogen and oxygen atoms in total. The van der Waals surface area contributed by atoms with Gasteiger partial charge >= 0.3 is 12.1 Å². The summed E-state index contributed by atoms with van der Waals surface area (Å²) in [5.74, 6) is -0.123. The van der Waals surface area contributed by atoms with E-state index in [4.69, 9.17) is 9.47 Å². The molecule has 1 saturated carbocycles. The predicted octanol–water partition coefficient (Wildman–Crippen LogP) is 4.42. The monoisotopic (exact) mass is 402 g/mol. The third-order valence-corrected chi connectivity index (χ3v) is 5.97. The van der Waals surface area contributed by atoms with Gasteiger partial charge in [-0.2, -0.15) is 0 Å². The molecule has 29 heavy (non-hydrogen) atoms. The molecular weight excluding hydrogens is 368 g/mol. The van der Waals surface area contributed by atoms with Crippen molar-refractivity contribution in [3.63, 3.8) is 0 Å². The molecule has 0 spiro atoms. The highest BCUT2D eigenvalue weighted by molar-refractivity contribution is 5.78. The second kappa shape index (κ2) is 9.14. The molecule has 2 heterocycles. The summed E-state index contributed by atoms with van der Waals surface area (Å²) in [4.78, 5) is 29.8. The lowest BCUT2D eigenvalue weighted by molar-refractivity contribution is -0.143. The standard InChI is InChI=1S/C23H34N2O4/c1-22(2,3)29-21(27)25-23(19-11-13-28-20(19)26,14-17-8-5-4-6-9-17)15-18-10-7-12-24-16-18/h7,10,12,16-17,19H,4-6,8-9,11,13-15H2,1-3H3,(H,25,27)/t19-,23-/m0/s1. The van der Waals surface area contributed by atoms with Crippen LogP contribution in [0.3, 0.4) is 0 Å². The fourth-order valence-corrected chi connectivity index (χ4v) is 4.80. The zero-order chi connectivity index (χ0) is 20.9. The number of carbonyl (C=O) groups is 2. The average molecular weight is 403 g/mol. The Labute approximate surface area is 173 Å². The molecule has 1 aliphatic carbocycles. The van der Waals surface area contributed by atoms with Crippen LogP contribution < -0.4 is 5.32 Å². The SMILES string of the molecule is CC(C)(C)OC(=O)N[C@](Cc1cccnc1)(CC1CCCCC1)[C@H]1CCOC1=O. The Bertz CT molecular complexity index is 695. The molecule has 1 N–H and O–H groups in total. The number of esters is 1. The minimum atomic E-state index is -0.735. The second-order valence-corrected chi connectivity index (χ2v) is 9.54. The Morgan fingerprint density at radius 1 is 1.24 bits per heavy atom. The summed E-state index contributed by atoms with van der Waals surface area (Å²) >= 11 is 0. The van der Waals surface area contributed by atoms with Crippen LogP contribution >= 0.6 is 0 Å². The molecule has 0 bridgehead atoms. The normalized spacial score (nSPS) is 22.6. The molecule has 160 valence electrons. The Balaban J connectivity index is 1.93. The summed E-state index contributed by atoms with van der Waals surface area (Å²) in [6, 6.07) is 3.89. The van der Waals surface area contributed by atoms with Gasteiger partial charge < -0.3 is 14.8 Å². The van der Waals surface area contributed by atoms with Crippen LogP contribution in [-0.2, 0) is 20.7 Å². The first-order valence-corrected chi connectivity index (χ1v) is 10.8. The van der Waals surface area contributed by atoms with E-state index < -0.39 is 17.2 Å². The van der Waals surface area contributed by atoms with Crippen LogP contribution in [0, 0.1) is 11.8 Å². The molecule has 2 atom stereocenters. The van der Waals surface area contributed by atoms with Gasteiger partial charge in [-0.1, -0.05) is 38.2 Å². The van der Waals surface area contributed by atoms with E-state index in [1.807, 2.05) is 39.1 Å². The molecule has 1 aromatic rings. The van der Waals surface area contributed by atoms with Crippen molar-refractivity contribution < 1.29 is 19.1 Å². The lowest BCUT2D eigenvalue weighted by atomic mass is 9.70. The molecule has 6 heteroatoms. The van der Waals surface area contributed by atoms with E-state index in [0.29, 0.717) is 25.4 Å². The second-order valence-electron chi connectivity index (χ2n) is 9.54. The minimum absolute atomic E-state index is 0.222. The first-order chi connectivity index (χ1) is 13.8. The van der Waals surface area contributed by atoms with Crippen LogP contribution in [0.5, 0.6) is 0 Å². The highest BCUT2D eigenvalue weighted by atomic mass is 16.6. The topological polar surface area (TPSA) is 77.5 Å². The number of nitrogens with zero attached hydrogens (tertiary/aromatic N) is 1. The average Bonchev–Trinajstić information content (AvgIpc) is 3.08. The highest BCUT2D eigenvalue weighted by Gasteiger charge is 2.49. The lowest BCUT2D eigenvalue weighted by Crippen LogP contribution is -2.58. The molecule has 1 aromatic heterocycles. The highest BCUT2D eigenvalue weighted by Crippen LogP contribution is 2.39. The van der Waals surface area contributed by atoms with Gasteiger partial charge in [-0.15, -0.1) is 0 Å². The summed E-state index contributed by atoms with van der Waals surface area (Å²) in [6.45, 7) is 5.94. The number of aromatic nitrogens is 1. The van der Waals surface area contributed by atoms with Crippen LogP contribution in [0.1, 0.15) is 71.3 Å². The van der Waals surface area contributed by atoms with Crippen molar-refractivity contribution in [1.29, 1.82) is 0 Å². The maximum absolute atomic E-state index is 12.9. The van der Waals surface area contributed by atoms with Crippen LogP contribution in [0.25, 0.3) is 0 Å². The molecule has 0 aromatic carbocycles. The van der Waals surface area contributed by atoms with Crippen molar-refractivity contribution >= 4 is 12.1 Å². The summed E-state index contributed by atoms with van der Waals surface area (Å²) in [5, 5.41) is 3.17. The van der Waals surface area contributed by atoms with Crippen LogP contribution in [0.15, 0.2) is 24.5 Å². The van der Waals surface area contributed by atoms with Gasteiger partial charge in [-0.05, 0) is 57.6 Å².